The van der Waals surface area contributed by atoms with Crippen LogP contribution in [0.3, 0.4) is 0 Å². The van der Waals surface area contributed by atoms with E-state index in [2.05, 4.69) is 5.32 Å². The molecule has 4 heterocycles. The van der Waals surface area contributed by atoms with E-state index in [-0.39, 0.29) is 46.6 Å². The minimum absolute atomic E-state index is 0.0339. The van der Waals surface area contributed by atoms with Gasteiger partial charge >= 0.3 is 5.97 Å². The normalized spacial score (nSPS) is 36.7. The fourth-order valence-corrected chi connectivity index (χ4v) is 6.77. The van der Waals surface area contributed by atoms with Gasteiger partial charge < -0.3 is 25.3 Å². The number of carboxylic acids is 1. The van der Waals surface area contributed by atoms with E-state index in [4.69, 9.17) is 5.41 Å². The van der Waals surface area contributed by atoms with Gasteiger partial charge in [-0.05, 0) is 19.8 Å². The maximum Gasteiger partial charge on any atom is 0.353 e. The summed E-state index contributed by atoms with van der Waals surface area (Å²) >= 11 is 1.45. The Labute approximate surface area is 179 Å². The summed E-state index contributed by atoms with van der Waals surface area (Å²) in [6, 6.07) is -0.573. The third-order valence-electron chi connectivity index (χ3n) is 6.84. The van der Waals surface area contributed by atoms with Crippen LogP contribution in [0.1, 0.15) is 26.7 Å². The molecule has 1 amide bonds. The second kappa shape index (κ2) is 7.97. The molecule has 0 aliphatic carbocycles. The van der Waals surface area contributed by atoms with Crippen molar-refractivity contribution in [3.05, 3.63) is 10.6 Å². The van der Waals surface area contributed by atoms with E-state index >= 15 is 0 Å². The number of hydrogen-bond donors (Lipinski definition) is 4. The van der Waals surface area contributed by atoms with Crippen LogP contribution in [-0.2, 0) is 14.4 Å². The molecular formula is C20H28N4O5S. The average Bonchev–Trinajstić information content (AvgIpc) is 3.40. The highest BCUT2D eigenvalue weighted by Gasteiger charge is 2.60. The Morgan fingerprint density at radius 2 is 2.13 bits per heavy atom. The van der Waals surface area contributed by atoms with Crippen molar-refractivity contribution in [2.45, 2.75) is 50.1 Å². The molecule has 4 N–H and O–H groups in total. The highest BCUT2D eigenvalue weighted by molar-refractivity contribution is 8.03. The van der Waals surface area contributed by atoms with Gasteiger partial charge in [-0.2, -0.15) is 0 Å². The number of hydrogen-bond acceptors (Lipinski definition) is 7. The lowest BCUT2D eigenvalue weighted by Crippen LogP contribution is -2.63. The van der Waals surface area contributed by atoms with Gasteiger partial charge in [-0.3, -0.25) is 15.0 Å². The minimum Gasteiger partial charge on any atom is -0.477 e. The summed E-state index contributed by atoms with van der Waals surface area (Å²) in [7, 11) is 0. The van der Waals surface area contributed by atoms with E-state index in [0.29, 0.717) is 24.4 Å². The first-order valence-corrected chi connectivity index (χ1v) is 11.3. The van der Waals surface area contributed by atoms with Crippen molar-refractivity contribution in [1.82, 2.24) is 15.1 Å². The van der Waals surface area contributed by atoms with E-state index in [0.717, 1.165) is 13.0 Å². The minimum atomic E-state index is -1.12. The summed E-state index contributed by atoms with van der Waals surface area (Å²) in [6.45, 7) is 5.39. The molecule has 0 bridgehead atoms. The van der Waals surface area contributed by atoms with Crippen molar-refractivity contribution in [1.29, 1.82) is 5.41 Å². The summed E-state index contributed by atoms with van der Waals surface area (Å²) in [5.41, 5.74) is 0.0339. The van der Waals surface area contributed by atoms with Crippen molar-refractivity contribution in [3.63, 3.8) is 0 Å². The Kier molecular flexibility index (Phi) is 5.67. The molecule has 9 nitrogen and oxygen atoms in total. The number of amides is 1. The molecule has 3 fully saturated rings. The van der Waals surface area contributed by atoms with E-state index in [1.165, 1.54) is 23.0 Å². The van der Waals surface area contributed by atoms with Crippen LogP contribution in [0.2, 0.25) is 0 Å². The number of thioether (sulfide) groups is 1. The maximum atomic E-state index is 12.8. The Morgan fingerprint density at radius 3 is 2.73 bits per heavy atom. The molecule has 0 spiro atoms. The Bertz CT molecular complexity index is 815. The lowest BCUT2D eigenvalue weighted by molar-refractivity contribution is -0.163. The molecule has 4 aliphatic heterocycles. The largest absolute Gasteiger partial charge is 0.477 e. The third-order valence-corrected chi connectivity index (χ3v) is 8.35. The van der Waals surface area contributed by atoms with Gasteiger partial charge in [0.1, 0.15) is 5.70 Å². The summed E-state index contributed by atoms with van der Waals surface area (Å²) in [4.78, 5) is 41.1. The number of Topliss-reactive ketones (excluding diaryl/α,β-unsaturated/α-hetero) is 1. The number of fused-ring (bicyclic) bond motifs is 1. The molecule has 164 valence electrons. The zero-order chi connectivity index (χ0) is 21.7. The number of carbonyl (C=O) groups is 3. The number of nitrogens with zero attached hydrogens (tertiary/aromatic N) is 2. The topological polar surface area (TPSA) is 134 Å². The van der Waals surface area contributed by atoms with Crippen LogP contribution in [-0.4, -0.2) is 87.1 Å². The lowest BCUT2D eigenvalue weighted by Gasteiger charge is -2.46. The number of carboxylic acid groups (broad SMARTS) is 1. The maximum absolute atomic E-state index is 12.8. The first-order chi connectivity index (χ1) is 14.2. The van der Waals surface area contributed by atoms with E-state index in [9.17, 15) is 24.6 Å². The zero-order valence-corrected chi connectivity index (χ0v) is 17.9. The molecule has 10 heteroatoms. The molecule has 4 aliphatic rings. The van der Waals surface area contributed by atoms with Gasteiger partial charge in [-0.15, -0.1) is 11.8 Å². The summed E-state index contributed by atoms with van der Waals surface area (Å²) < 4.78 is 0. The Balaban J connectivity index is 1.44. The Morgan fingerprint density at radius 1 is 1.40 bits per heavy atom. The van der Waals surface area contributed by atoms with Gasteiger partial charge in [-0.25, -0.2) is 4.79 Å². The molecule has 7 atom stereocenters. The van der Waals surface area contributed by atoms with Crippen LogP contribution in [0.25, 0.3) is 0 Å². The van der Waals surface area contributed by atoms with Gasteiger partial charge in [0, 0.05) is 41.6 Å². The van der Waals surface area contributed by atoms with Crippen LogP contribution in [0.5, 0.6) is 0 Å². The molecule has 4 rings (SSSR count). The van der Waals surface area contributed by atoms with Crippen LogP contribution >= 0.6 is 11.8 Å². The SMILES string of the molecule is CC(O)C1C(=O)N2C(C(=O)O)=C(SC3CNC(C(=O)C4CCN(C=N)C4)C3)C(C)[C@H]12. The molecule has 0 radical (unpaired) electrons. The first-order valence-electron chi connectivity index (χ1n) is 10.4. The number of nitrogens with one attached hydrogen (secondary N) is 2. The summed E-state index contributed by atoms with van der Waals surface area (Å²) in [5.74, 6) is -2.09. The highest BCUT2D eigenvalue weighted by atomic mass is 32.2. The molecule has 0 aromatic carbocycles. The lowest BCUT2D eigenvalue weighted by atomic mass is 9.79. The molecule has 30 heavy (non-hydrogen) atoms. The van der Waals surface area contributed by atoms with Crippen molar-refractivity contribution in [2.24, 2.45) is 17.8 Å². The van der Waals surface area contributed by atoms with E-state index in [1.54, 1.807) is 6.92 Å². The van der Waals surface area contributed by atoms with Gasteiger partial charge in [0.2, 0.25) is 5.91 Å². The second-order valence-electron chi connectivity index (χ2n) is 8.72. The first kappa shape index (κ1) is 21.3. The van der Waals surface area contributed by atoms with Crippen LogP contribution in [0.4, 0.5) is 0 Å². The van der Waals surface area contributed by atoms with Crippen LogP contribution in [0, 0.1) is 23.2 Å². The number of rotatable bonds is 7. The third kappa shape index (κ3) is 3.34. The quantitative estimate of drug-likeness (QED) is 0.251. The fourth-order valence-electron chi connectivity index (χ4n) is 5.29. The molecule has 6 unspecified atom stereocenters. The highest BCUT2D eigenvalue weighted by Crippen LogP contribution is 2.51. The van der Waals surface area contributed by atoms with Crippen molar-refractivity contribution in [3.8, 4) is 0 Å². The number of aliphatic hydroxyl groups is 1. The smallest absolute Gasteiger partial charge is 0.353 e. The number of aliphatic carboxylic acids is 1. The molecule has 0 aromatic rings. The van der Waals surface area contributed by atoms with Gasteiger partial charge in [0.05, 0.1) is 30.4 Å². The van der Waals surface area contributed by atoms with E-state index < -0.39 is 18.0 Å². The van der Waals surface area contributed by atoms with Crippen LogP contribution < -0.4 is 5.32 Å². The monoisotopic (exact) mass is 436 g/mol. The summed E-state index contributed by atoms with van der Waals surface area (Å²) in [6.07, 6.45) is 1.84. The molecule has 3 saturated heterocycles. The fraction of sp³-hybridized carbons (Fsp3) is 0.700. The van der Waals surface area contributed by atoms with Crippen molar-refractivity contribution >= 4 is 35.8 Å². The Hall–Kier alpha value is -1.91. The zero-order valence-electron chi connectivity index (χ0n) is 17.1. The molecule has 0 aromatic heterocycles. The van der Waals surface area contributed by atoms with E-state index in [1.807, 2.05) is 11.8 Å². The summed E-state index contributed by atoms with van der Waals surface area (Å²) in [5, 5.41) is 30.4. The predicted molar refractivity (Wildman–Crippen MR) is 111 cm³/mol. The molecule has 0 saturated carbocycles. The number of aliphatic hydroxyl groups excluding tert-OH is 1. The standard InChI is InChI=1S/C20H28N4O5S/c1-9-15-14(10(2)25)19(27)24(15)16(20(28)29)18(9)30-12-5-13(22-6-12)17(26)11-3-4-23(7-11)8-21/h8-15,21-22,25H,3-7H2,1-2H3,(H,28,29)/t9?,10?,11?,12?,13?,14?,15-/m1/s1. The van der Waals surface area contributed by atoms with Gasteiger partial charge in [-0.1, -0.05) is 6.92 Å². The van der Waals surface area contributed by atoms with Crippen molar-refractivity contribution in [2.75, 3.05) is 19.6 Å². The van der Waals surface area contributed by atoms with Crippen LogP contribution in [0.15, 0.2) is 10.6 Å². The second-order valence-corrected chi connectivity index (χ2v) is 10.1. The number of ketones is 1. The van der Waals surface area contributed by atoms with Gasteiger partial charge in [0.15, 0.2) is 5.78 Å². The average molecular weight is 437 g/mol. The van der Waals surface area contributed by atoms with Gasteiger partial charge in [0.25, 0.3) is 0 Å². The number of likely N-dealkylation sites (tertiary alicyclic amines) is 1. The molecular weight excluding hydrogens is 408 g/mol. The number of β-lactam (4-membered cyclic amide) rings is 1. The van der Waals surface area contributed by atoms with Crippen molar-refractivity contribution < 1.29 is 24.6 Å². The predicted octanol–water partition coefficient (Wildman–Crippen LogP) is 0.102. The number of carbonyl (C=O) groups excluding carboxylic acids is 2.